The van der Waals surface area contributed by atoms with Crippen LogP contribution < -0.4 is 0 Å². The van der Waals surface area contributed by atoms with Crippen LogP contribution in [0.2, 0.25) is 0 Å². The highest BCUT2D eigenvalue weighted by atomic mass is 16.8. The Morgan fingerprint density at radius 1 is 1.38 bits per heavy atom. The molecule has 0 atom stereocenters. The number of aliphatic carboxylic acids is 1. The molecule has 0 aliphatic rings. The molecule has 0 fully saturated rings. The van der Waals surface area contributed by atoms with Crippen LogP contribution >= 0.6 is 0 Å². The molecule has 13 heavy (non-hydrogen) atoms. The highest BCUT2D eigenvalue weighted by Gasteiger charge is 2.24. The highest BCUT2D eigenvalue weighted by Crippen LogP contribution is 2.06. The van der Waals surface area contributed by atoms with Crippen LogP contribution in [0.3, 0.4) is 0 Å². The molecule has 0 saturated heterocycles. The van der Waals surface area contributed by atoms with Crippen LogP contribution in [-0.4, -0.2) is 33.2 Å². The first-order valence-electron chi connectivity index (χ1n) is 3.46. The highest BCUT2D eigenvalue weighted by molar-refractivity contribution is 5.90. The summed E-state index contributed by atoms with van der Waals surface area (Å²) < 4.78 is 4.06. The van der Waals surface area contributed by atoms with Crippen molar-refractivity contribution >= 4 is 11.9 Å². The number of carbonyl (C=O) groups excluding carboxylic acids is 1. The molecule has 0 heterocycles. The Kier molecular flexibility index (Phi) is 4.09. The number of carboxylic acid groups (broad SMARTS) is 1. The third kappa shape index (κ3) is 5.83. The zero-order valence-corrected chi connectivity index (χ0v) is 6.93. The number of hydrogen-bond donors (Lipinski definition) is 3. The molecule has 0 bridgehead atoms. The fourth-order valence-electron chi connectivity index (χ4n) is 0.407. The molecule has 6 nitrogen and oxygen atoms in total. The lowest BCUT2D eigenvalue weighted by molar-refractivity contribution is -0.317. The molecule has 0 unspecified atom stereocenters. The summed E-state index contributed by atoms with van der Waals surface area (Å²) in [6.45, 7) is 1.38. The van der Waals surface area contributed by atoms with Crippen molar-refractivity contribution in [3.05, 3.63) is 12.2 Å². The van der Waals surface area contributed by atoms with Gasteiger partial charge in [0.05, 0.1) is 0 Å². The second kappa shape index (κ2) is 4.58. The molecule has 0 aliphatic heterocycles. The van der Waals surface area contributed by atoms with E-state index in [0.29, 0.717) is 12.2 Å². The summed E-state index contributed by atoms with van der Waals surface area (Å²) in [4.78, 5) is 20.5. The summed E-state index contributed by atoms with van der Waals surface area (Å²) in [6.07, 6.45) is 0.910. The minimum atomic E-state index is -2.54. The number of esters is 1. The Bertz CT molecular complexity index is 229. The molecule has 0 spiro atoms. The Labute approximate surface area is 74.1 Å². The first kappa shape index (κ1) is 11.6. The molecule has 0 rings (SSSR count). The third-order valence-electron chi connectivity index (χ3n) is 1.09. The van der Waals surface area contributed by atoms with Gasteiger partial charge >= 0.3 is 17.9 Å². The predicted molar refractivity (Wildman–Crippen MR) is 40.3 cm³/mol. The first-order chi connectivity index (χ1) is 5.87. The van der Waals surface area contributed by atoms with Crippen LogP contribution in [0, 0.1) is 0 Å². The molecule has 0 amide bonds. The van der Waals surface area contributed by atoms with Gasteiger partial charge in [-0.25, -0.2) is 9.59 Å². The van der Waals surface area contributed by atoms with Crippen LogP contribution in [-0.2, 0) is 14.3 Å². The van der Waals surface area contributed by atoms with Crippen molar-refractivity contribution in [2.45, 2.75) is 19.3 Å². The summed E-state index contributed by atoms with van der Waals surface area (Å²) in [5.41, 5.74) is 0. The zero-order valence-electron chi connectivity index (χ0n) is 6.93. The Morgan fingerprint density at radius 3 is 2.31 bits per heavy atom. The van der Waals surface area contributed by atoms with E-state index in [1.807, 2.05) is 0 Å². The van der Waals surface area contributed by atoms with Gasteiger partial charge in [-0.2, -0.15) is 0 Å². The number of rotatable bonds is 4. The molecule has 0 radical (unpaired) electrons. The molecule has 74 valence electrons. The summed E-state index contributed by atoms with van der Waals surface area (Å²) in [5.74, 6) is -5.00. The number of hydrogen-bond acceptors (Lipinski definition) is 5. The van der Waals surface area contributed by atoms with Crippen molar-refractivity contribution in [1.82, 2.24) is 0 Å². The largest absolute Gasteiger partial charge is 0.478 e. The van der Waals surface area contributed by atoms with Crippen LogP contribution in [0.1, 0.15) is 13.3 Å². The Balaban J connectivity index is 4.09. The topological polar surface area (TPSA) is 104 Å². The van der Waals surface area contributed by atoms with E-state index in [1.54, 1.807) is 0 Å². The molecule has 6 heteroatoms. The fourth-order valence-corrected chi connectivity index (χ4v) is 0.407. The SMILES string of the molecule is CCC(O)(O)OC(=O)/C=C\C(=O)O. The van der Waals surface area contributed by atoms with Crippen LogP contribution in [0.5, 0.6) is 0 Å². The molecular formula is C7H10O6. The summed E-state index contributed by atoms with van der Waals surface area (Å²) in [7, 11) is 0. The lowest BCUT2D eigenvalue weighted by Gasteiger charge is -2.17. The predicted octanol–water partition coefficient (Wildman–Crippen LogP) is -0.781. The van der Waals surface area contributed by atoms with E-state index in [9.17, 15) is 9.59 Å². The van der Waals surface area contributed by atoms with E-state index < -0.39 is 17.9 Å². The first-order valence-corrected chi connectivity index (χ1v) is 3.46. The van der Waals surface area contributed by atoms with E-state index in [0.717, 1.165) is 0 Å². The molecule has 0 aromatic carbocycles. The Hall–Kier alpha value is -1.40. The average Bonchev–Trinajstić information content (AvgIpc) is 2.00. The number of carboxylic acids is 1. The lowest BCUT2D eigenvalue weighted by Crippen LogP contribution is -2.33. The summed E-state index contributed by atoms with van der Waals surface area (Å²) >= 11 is 0. The van der Waals surface area contributed by atoms with Gasteiger partial charge in [-0.1, -0.05) is 6.92 Å². The lowest BCUT2D eigenvalue weighted by atomic mass is 10.4. The van der Waals surface area contributed by atoms with Crippen LogP contribution in [0.15, 0.2) is 12.2 Å². The second-order valence-corrected chi connectivity index (χ2v) is 2.19. The van der Waals surface area contributed by atoms with Gasteiger partial charge in [0, 0.05) is 18.6 Å². The number of aliphatic hydroxyl groups is 2. The van der Waals surface area contributed by atoms with Gasteiger partial charge in [0.1, 0.15) is 0 Å². The van der Waals surface area contributed by atoms with Crippen LogP contribution in [0.4, 0.5) is 0 Å². The normalized spacial score (nSPS) is 11.6. The number of ether oxygens (including phenoxy) is 1. The zero-order chi connectivity index (χ0) is 10.5. The second-order valence-electron chi connectivity index (χ2n) is 2.19. The van der Waals surface area contributed by atoms with Gasteiger partial charge in [-0.3, -0.25) is 0 Å². The van der Waals surface area contributed by atoms with Gasteiger partial charge in [0.25, 0.3) is 0 Å². The molecule has 0 aromatic heterocycles. The standard InChI is InChI=1S/C7H10O6/c1-2-7(11,12)13-6(10)4-3-5(8)9/h3-4,11-12H,2H2,1H3,(H,8,9)/b4-3-. The smallest absolute Gasteiger partial charge is 0.335 e. The van der Waals surface area contributed by atoms with Gasteiger partial charge in [-0.15, -0.1) is 0 Å². The maximum atomic E-state index is 10.6. The molecular weight excluding hydrogens is 180 g/mol. The summed E-state index contributed by atoms with van der Waals surface area (Å²) in [5, 5.41) is 25.7. The van der Waals surface area contributed by atoms with E-state index in [1.165, 1.54) is 6.92 Å². The molecule has 0 saturated carbocycles. The van der Waals surface area contributed by atoms with Gasteiger partial charge < -0.3 is 20.1 Å². The van der Waals surface area contributed by atoms with Gasteiger partial charge in [0.15, 0.2) is 0 Å². The maximum absolute atomic E-state index is 10.6. The molecule has 0 aliphatic carbocycles. The molecule has 3 N–H and O–H groups in total. The van der Waals surface area contributed by atoms with Crippen LogP contribution in [0.25, 0.3) is 0 Å². The van der Waals surface area contributed by atoms with Crippen molar-refractivity contribution in [3.63, 3.8) is 0 Å². The third-order valence-corrected chi connectivity index (χ3v) is 1.09. The van der Waals surface area contributed by atoms with E-state index in [4.69, 9.17) is 15.3 Å². The van der Waals surface area contributed by atoms with Crippen molar-refractivity contribution in [2.75, 3.05) is 0 Å². The minimum absolute atomic E-state index is 0.209. The molecule has 0 aromatic rings. The monoisotopic (exact) mass is 190 g/mol. The summed E-state index contributed by atoms with van der Waals surface area (Å²) in [6, 6.07) is 0. The van der Waals surface area contributed by atoms with Gasteiger partial charge in [0.2, 0.25) is 0 Å². The minimum Gasteiger partial charge on any atom is -0.478 e. The fraction of sp³-hybridized carbons (Fsp3) is 0.429. The van der Waals surface area contributed by atoms with Crippen molar-refractivity contribution in [1.29, 1.82) is 0 Å². The van der Waals surface area contributed by atoms with E-state index in [-0.39, 0.29) is 6.42 Å². The Morgan fingerprint density at radius 2 is 1.92 bits per heavy atom. The maximum Gasteiger partial charge on any atom is 0.335 e. The van der Waals surface area contributed by atoms with Crippen molar-refractivity contribution in [3.8, 4) is 0 Å². The number of carbonyl (C=O) groups is 2. The van der Waals surface area contributed by atoms with E-state index in [2.05, 4.69) is 4.74 Å². The average molecular weight is 190 g/mol. The quantitative estimate of drug-likeness (QED) is 0.305. The van der Waals surface area contributed by atoms with E-state index >= 15 is 0 Å². The van der Waals surface area contributed by atoms with Crippen molar-refractivity contribution < 1.29 is 29.6 Å². The van der Waals surface area contributed by atoms with Gasteiger partial charge in [-0.05, 0) is 0 Å². The van der Waals surface area contributed by atoms with Crippen molar-refractivity contribution in [2.24, 2.45) is 0 Å².